The summed E-state index contributed by atoms with van der Waals surface area (Å²) in [4.78, 5) is 31.8. The number of nitroso groups, excluding NO2 is 1. The van der Waals surface area contributed by atoms with E-state index in [1.54, 1.807) is 0 Å². The van der Waals surface area contributed by atoms with Crippen LogP contribution in [0, 0.1) is 34.7 Å². The lowest BCUT2D eigenvalue weighted by molar-refractivity contribution is 0.0168. The fourth-order valence-electron chi connectivity index (χ4n) is 2.32. The largest absolute Gasteiger partial charge is 0.394 e. The van der Waals surface area contributed by atoms with Crippen molar-refractivity contribution >= 4 is 23.5 Å². The number of halogens is 3. The number of hydrogen-bond acceptors (Lipinski definition) is 8. The van der Waals surface area contributed by atoms with E-state index >= 15 is 0 Å². The number of nitrogens with one attached hydrogen (secondary N) is 2. The molecule has 9 nitrogen and oxygen atoms in total. The van der Waals surface area contributed by atoms with Gasteiger partial charge in [0.15, 0.2) is 11.6 Å². The molecule has 0 bridgehead atoms. The second-order valence-corrected chi connectivity index (χ2v) is 5.90. The van der Waals surface area contributed by atoms with E-state index in [-0.39, 0.29) is 31.0 Å². The van der Waals surface area contributed by atoms with Crippen LogP contribution in [0.25, 0.3) is 0 Å². The average molecular weight is 450 g/mol. The number of carbonyl (C=O) groups is 1. The van der Waals surface area contributed by atoms with E-state index in [1.807, 2.05) is 5.48 Å². The lowest BCUT2D eigenvalue weighted by atomic mass is 10.1. The van der Waals surface area contributed by atoms with E-state index in [2.05, 4.69) is 26.4 Å². The van der Waals surface area contributed by atoms with Crippen molar-refractivity contribution in [1.82, 2.24) is 5.48 Å². The van der Waals surface area contributed by atoms with Crippen molar-refractivity contribution in [1.29, 1.82) is 0 Å². The lowest BCUT2D eigenvalue weighted by Crippen LogP contribution is -2.26. The average Bonchev–Trinajstić information content (AvgIpc) is 2.79. The Bertz CT molecular complexity index is 1060. The topological polar surface area (TPSA) is 122 Å². The summed E-state index contributed by atoms with van der Waals surface area (Å²) in [5, 5.41) is 17.0. The second-order valence-electron chi connectivity index (χ2n) is 5.90. The first-order chi connectivity index (χ1) is 15.4. The van der Waals surface area contributed by atoms with E-state index in [0.29, 0.717) is 0 Å². The molecule has 1 amide bonds. The SMILES string of the molecule is C#Cc1ccc(Nc2c(C(=O)NOCCO)cc(/C=N\OCCN=O)c(F)c2F)c(F)c1. The third-order valence-corrected chi connectivity index (χ3v) is 3.77. The van der Waals surface area contributed by atoms with E-state index in [0.717, 1.165) is 18.3 Å². The maximum absolute atomic E-state index is 14.9. The molecule has 2 aromatic carbocycles. The molecule has 32 heavy (non-hydrogen) atoms. The van der Waals surface area contributed by atoms with Gasteiger partial charge in [0.2, 0.25) is 0 Å². The van der Waals surface area contributed by atoms with Crippen LogP contribution < -0.4 is 10.8 Å². The lowest BCUT2D eigenvalue weighted by Gasteiger charge is -2.15. The number of amides is 1. The summed E-state index contributed by atoms with van der Waals surface area (Å²) in [5.74, 6) is -2.60. The van der Waals surface area contributed by atoms with Gasteiger partial charge in [-0.15, -0.1) is 6.42 Å². The van der Waals surface area contributed by atoms with Crippen LogP contribution in [0.2, 0.25) is 0 Å². The molecular formula is C20H17F3N4O5. The van der Waals surface area contributed by atoms with Gasteiger partial charge in [0.1, 0.15) is 19.0 Å². The number of hydroxylamine groups is 1. The van der Waals surface area contributed by atoms with Crippen LogP contribution in [0.3, 0.4) is 0 Å². The zero-order valence-electron chi connectivity index (χ0n) is 16.4. The number of benzene rings is 2. The predicted molar refractivity (Wildman–Crippen MR) is 109 cm³/mol. The van der Waals surface area contributed by atoms with Crippen molar-refractivity contribution in [3.8, 4) is 12.3 Å². The standard InChI is InChI=1S/C20H17F3N4O5/c1-2-12-3-4-16(15(21)9-12)26-19-14(20(29)27-32-8-6-28)10-13(17(22)18(19)23)11-25-31-7-5-24-30/h1,3-4,9-11,26,28H,5-8H2,(H,27,29)/b25-11-. The highest BCUT2D eigenvalue weighted by atomic mass is 19.2. The Morgan fingerprint density at radius 2 is 2.00 bits per heavy atom. The predicted octanol–water partition coefficient (Wildman–Crippen LogP) is 2.60. The number of carbonyl (C=O) groups excluding carboxylic acids is 1. The fraction of sp³-hybridized carbons (Fsp3) is 0.200. The molecule has 0 fully saturated rings. The highest BCUT2D eigenvalue weighted by Crippen LogP contribution is 2.30. The summed E-state index contributed by atoms with van der Waals surface area (Å²) >= 11 is 0. The zero-order chi connectivity index (χ0) is 23.5. The van der Waals surface area contributed by atoms with Crippen molar-refractivity contribution < 1.29 is 32.7 Å². The summed E-state index contributed by atoms with van der Waals surface area (Å²) in [6, 6.07) is 4.45. The van der Waals surface area contributed by atoms with Gasteiger partial charge in [-0.25, -0.2) is 18.7 Å². The van der Waals surface area contributed by atoms with Crippen molar-refractivity contribution in [3.63, 3.8) is 0 Å². The summed E-state index contributed by atoms with van der Waals surface area (Å²) in [6.07, 6.45) is 5.97. The third-order valence-electron chi connectivity index (χ3n) is 3.77. The van der Waals surface area contributed by atoms with Gasteiger partial charge < -0.3 is 15.3 Å². The molecule has 0 unspecified atom stereocenters. The highest BCUT2D eigenvalue weighted by Gasteiger charge is 2.23. The third kappa shape index (κ3) is 6.27. The van der Waals surface area contributed by atoms with E-state index in [1.165, 1.54) is 12.1 Å². The van der Waals surface area contributed by atoms with Gasteiger partial charge in [-0.3, -0.25) is 9.63 Å². The first kappa shape index (κ1) is 24.3. The number of oxime groups is 1. The molecule has 0 aliphatic rings. The van der Waals surface area contributed by atoms with Crippen molar-refractivity contribution in [2.24, 2.45) is 10.3 Å². The normalized spacial score (nSPS) is 10.6. The first-order valence-corrected chi connectivity index (χ1v) is 8.95. The molecule has 0 radical (unpaired) electrons. The molecule has 2 rings (SSSR count). The molecule has 0 atom stereocenters. The zero-order valence-corrected chi connectivity index (χ0v) is 16.4. The van der Waals surface area contributed by atoms with Gasteiger partial charge in [-0.05, 0) is 24.3 Å². The summed E-state index contributed by atoms with van der Waals surface area (Å²) in [7, 11) is 0. The fourth-order valence-corrected chi connectivity index (χ4v) is 2.32. The number of aliphatic hydroxyl groups excluding tert-OH is 1. The van der Waals surface area contributed by atoms with Crippen molar-refractivity contribution in [2.45, 2.75) is 0 Å². The molecule has 2 aromatic rings. The van der Waals surface area contributed by atoms with Gasteiger partial charge in [-0.2, -0.15) is 4.91 Å². The Balaban J connectivity index is 2.46. The molecule has 0 spiro atoms. The molecular weight excluding hydrogens is 433 g/mol. The van der Waals surface area contributed by atoms with Crippen molar-refractivity contribution in [2.75, 3.05) is 31.7 Å². The Kier molecular flexibility index (Phi) is 9.15. The molecule has 0 aromatic heterocycles. The maximum atomic E-state index is 14.9. The minimum absolute atomic E-state index is 0.195. The number of aliphatic hydroxyl groups is 1. The van der Waals surface area contributed by atoms with Gasteiger partial charge in [0, 0.05) is 11.1 Å². The van der Waals surface area contributed by atoms with Crippen LogP contribution in [0.5, 0.6) is 0 Å². The first-order valence-electron chi connectivity index (χ1n) is 8.95. The maximum Gasteiger partial charge on any atom is 0.277 e. The summed E-state index contributed by atoms with van der Waals surface area (Å²) in [5.41, 5.74) is 0.232. The number of terminal acetylenes is 1. The number of rotatable bonds is 11. The Labute approximate surface area is 180 Å². The van der Waals surface area contributed by atoms with Crippen LogP contribution in [-0.4, -0.2) is 43.6 Å². The summed E-state index contributed by atoms with van der Waals surface area (Å²) < 4.78 is 43.7. The van der Waals surface area contributed by atoms with Gasteiger partial charge in [-0.1, -0.05) is 16.3 Å². The molecule has 0 aliphatic carbocycles. The van der Waals surface area contributed by atoms with Crippen LogP contribution in [0.15, 0.2) is 34.6 Å². The Morgan fingerprint density at radius 3 is 2.66 bits per heavy atom. The number of nitrogens with zero attached hydrogens (tertiary/aromatic N) is 2. The quantitative estimate of drug-likeness (QED) is 0.159. The van der Waals surface area contributed by atoms with Gasteiger partial charge in [0.05, 0.1) is 36.4 Å². The number of hydrogen-bond donors (Lipinski definition) is 3. The number of anilines is 2. The Hall–Kier alpha value is -3.95. The van der Waals surface area contributed by atoms with Crippen LogP contribution >= 0.6 is 0 Å². The molecule has 3 N–H and O–H groups in total. The van der Waals surface area contributed by atoms with Gasteiger partial charge >= 0.3 is 0 Å². The monoisotopic (exact) mass is 450 g/mol. The molecule has 0 aliphatic heterocycles. The highest BCUT2D eigenvalue weighted by molar-refractivity contribution is 6.01. The minimum atomic E-state index is -1.52. The molecule has 12 heteroatoms. The molecule has 168 valence electrons. The van der Waals surface area contributed by atoms with Gasteiger partial charge in [0.25, 0.3) is 5.91 Å². The second kappa shape index (κ2) is 12.0. The van der Waals surface area contributed by atoms with E-state index in [9.17, 15) is 22.9 Å². The van der Waals surface area contributed by atoms with E-state index < -0.39 is 46.8 Å². The minimum Gasteiger partial charge on any atom is -0.394 e. The van der Waals surface area contributed by atoms with Crippen LogP contribution in [0.1, 0.15) is 21.5 Å². The summed E-state index contributed by atoms with van der Waals surface area (Å²) in [6.45, 7) is -1.09. The van der Waals surface area contributed by atoms with Crippen LogP contribution in [0.4, 0.5) is 24.5 Å². The van der Waals surface area contributed by atoms with Crippen LogP contribution in [-0.2, 0) is 9.68 Å². The smallest absolute Gasteiger partial charge is 0.277 e. The molecule has 0 saturated heterocycles. The molecule has 0 saturated carbocycles. The van der Waals surface area contributed by atoms with E-state index in [4.69, 9.17) is 16.4 Å². The molecule has 0 heterocycles. The Morgan fingerprint density at radius 1 is 1.22 bits per heavy atom. The van der Waals surface area contributed by atoms with Crippen molar-refractivity contribution in [3.05, 3.63) is 63.3 Å².